The fraction of sp³-hybridized carbons (Fsp3) is 0.312. The van der Waals surface area contributed by atoms with Crippen molar-refractivity contribution >= 4 is 34.5 Å². The van der Waals surface area contributed by atoms with Gasteiger partial charge in [-0.25, -0.2) is 4.79 Å². The van der Waals surface area contributed by atoms with E-state index in [1.807, 2.05) is 13.0 Å². The maximum atomic E-state index is 11.4. The zero-order valence-electron chi connectivity index (χ0n) is 13.4. The van der Waals surface area contributed by atoms with Crippen LogP contribution in [0.5, 0.6) is 5.75 Å². The summed E-state index contributed by atoms with van der Waals surface area (Å²) in [5.41, 5.74) is 8.95. The number of ether oxygens (including phenoxy) is 2. The van der Waals surface area contributed by atoms with Crippen molar-refractivity contribution in [3.05, 3.63) is 34.0 Å². The first-order chi connectivity index (χ1) is 11.0. The molecule has 124 valence electrons. The predicted molar refractivity (Wildman–Crippen MR) is 94.4 cm³/mol. The summed E-state index contributed by atoms with van der Waals surface area (Å²) in [5, 5.41) is 7.97. The Hall–Kier alpha value is -2.41. The van der Waals surface area contributed by atoms with Gasteiger partial charge in [-0.1, -0.05) is 0 Å². The summed E-state index contributed by atoms with van der Waals surface area (Å²) in [6.07, 6.45) is -0.515. The molecule has 0 unspecified atom stereocenters. The van der Waals surface area contributed by atoms with Gasteiger partial charge in [0.25, 0.3) is 0 Å². The number of benzene rings is 1. The maximum Gasteiger partial charge on any atom is 0.411 e. The molecular formula is C16H21N3O3S. The van der Waals surface area contributed by atoms with Crippen molar-refractivity contribution in [2.45, 2.75) is 20.4 Å². The fourth-order valence-corrected chi connectivity index (χ4v) is 3.06. The third kappa shape index (κ3) is 4.29. The topological polar surface area (TPSA) is 85.6 Å². The first-order valence-corrected chi connectivity index (χ1v) is 8.11. The summed E-state index contributed by atoms with van der Waals surface area (Å²) in [6.45, 7) is 4.72. The van der Waals surface area contributed by atoms with E-state index >= 15 is 0 Å². The molecule has 0 saturated carbocycles. The molecule has 1 aromatic carbocycles. The number of hydrogen-bond acceptors (Lipinski definition) is 6. The van der Waals surface area contributed by atoms with E-state index in [-0.39, 0.29) is 0 Å². The molecule has 0 aliphatic carbocycles. The molecule has 0 aliphatic rings. The second kappa shape index (κ2) is 7.73. The molecule has 2 rings (SSSR count). The lowest BCUT2D eigenvalue weighted by Gasteiger charge is -2.11. The standard InChI is InChI=1S/C16H21N3O3S/c1-4-22-16(20)19-13-6-5-11(7-12(13)17)18-8-14-15(21-3)10(2)9-23-14/h5-7,9,18H,4,8,17H2,1-3H3,(H,19,20). The van der Waals surface area contributed by atoms with Crippen molar-refractivity contribution < 1.29 is 14.3 Å². The molecule has 1 aromatic heterocycles. The van der Waals surface area contributed by atoms with E-state index < -0.39 is 6.09 Å². The van der Waals surface area contributed by atoms with Gasteiger partial charge in [0.05, 0.1) is 36.5 Å². The molecule has 4 N–H and O–H groups in total. The zero-order chi connectivity index (χ0) is 16.8. The minimum absolute atomic E-state index is 0.313. The molecule has 1 amide bonds. The van der Waals surface area contributed by atoms with Gasteiger partial charge in [0, 0.05) is 11.3 Å². The molecule has 0 radical (unpaired) electrons. The first-order valence-electron chi connectivity index (χ1n) is 7.23. The van der Waals surface area contributed by atoms with Crippen molar-refractivity contribution in [1.82, 2.24) is 0 Å². The lowest BCUT2D eigenvalue weighted by Crippen LogP contribution is -2.14. The highest BCUT2D eigenvalue weighted by molar-refractivity contribution is 7.10. The van der Waals surface area contributed by atoms with Gasteiger partial charge in [0.2, 0.25) is 0 Å². The number of amides is 1. The Morgan fingerprint density at radius 2 is 2.17 bits per heavy atom. The molecule has 0 fully saturated rings. The summed E-state index contributed by atoms with van der Waals surface area (Å²) in [6, 6.07) is 5.37. The van der Waals surface area contributed by atoms with E-state index in [0.29, 0.717) is 24.5 Å². The third-order valence-corrected chi connectivity index (χ3v) is 4.30. The number of nitrogens with two attached hydrogens (primary N) is 1. The number of thiophene rings is 1. The Bertz CT molecular complexity index is 685. The number of carbonyl (C=O) groups excluding carboxylic acids is 1. The van der Waals surface area contributed by atoms with E-state index in [1.54, 1.807) is 37.5 Å². The van der Waals surface area contributed by atoms with Crippen LogP contribution in [0.4, 0.5) is 21.9 Å². The Balaban J connectivity index is 2.01. The lowest BCUT2D eigenvalue weighted by atomic mass is 10.2. The van der Waals surface area contributed by atoms with Crippen molar-refractivity contribution in [1.29, 1.82) is 0 Å². The van der Waals surface area contributed by atoms with Gasteiger partial charge in [0.1, 0.15) is 5.75 Å². The Labute approximate surface area is 139 Å². The first kappa shape index (κ1) is 17.0. The highest BCUT2D eigenvalue weighted by atomic mass is 32.1. The van der Waals surface area contributed by atoms with Gasteiger partial charge < -0.3 is 20.5 Å². The van der Waals surface area contributed by atoms with Crippen molar-refractivity contribution in [2.75, 3.05) is 30.1 Å². The second-order valence-corrected chi connectivity index (χ2v) is 5.84. The number of anilines is 3. The van der Waals surface area contributed by atoms with E-state index in [9.17, 15) is 4.79 Å². The van der Waals surface area contributed by atoms with Crippen molar-refractivity contribution in [3.63, 3.8) is 0 Å². The van der Waals surface area contributed by atoms with Gasteiger partial charge >= 0.3 is 6.09 Å². The minimum Gasteiger partial charge on any atom is -0.495 e. The minimum atomic E-state index is -0.515. The zero-order valence-corrected chi connectivity index (χ0v) is 14.3. The summed E-state index contributed by atoms with van der Waals surface area (Å²) in [4.78, 5) is 12.5. The van der Waals surface area contributed by atoms with Crippen LogP contribution in [-0.2, 0) is 11.3 Å². The number of nitrogen functional groups attached to an aromatic ring is 1. The highest BCUT2D eigenvalue weighted by Gasteiger charge is 2.10. The summed E-state index contributed by atoms with van der Waals surface area (Å²) in [7, 11) is 1.67. The lowest BCUT2D eigenvalue weighted by molar-refractivity contribution is 0.168. The van der Waals surface area contributed by atoms with Gasteiger partial charge in [-0.3, -0.25) is 5.32 Å². The Morgan fingerprint density at radius 1 is 1.39 bits per heavy atom. The van der Waals surface area contributed by atoms with Crippen LogP contribution in [0.2, 0.25) is 0 Å². The van der Waals surface area contributed by atoms with Gasteiger partial charge in [0.15, 0.2) is 0 Å². The number of carbonyl (C=O) groups is 1. The van der Waals surface area contributed by atoms with Crippen molar-refractivity contribution in [2.24, 2.45) is 0 Å². The number of aryl methyl sites for hydroxylation is 1. The van der Waals surface area contributed by atoms with Crippen LogP contribution in [0, 0.1) is 6.92 Å². The average molecular weight is 335 g/mol. The van der Waals surface area contributed by atoms with E-state index in [2.05, 4.69) is 16.0 Å². The van der Waals surface area contributed by atoms with Gasteiger partial charge in [-0.15, -0.1) is 11.3 Å². The summed E-state index contributed by atoms with van der Waals surface area (Å²) < 4.78 is 10.2. The van der Waals surface area contributed by atoms with Crippen LogP contribution in [0.25, 0.3) is 0 Å². The van der Waals surface area contributed by atoms with Crippen LogP contribution >= 0.6 is 11.3 Å². The Kier molecular flexibility index (Phi) is 5.70. The fourth-order valence-electron chi connectivity index (χ4n) is 2.13. The maximum absolute atomic E-state index is 11.4. The molecule has 0 atom stereocenters. The summed E-state index contributed by atoms with van der Waals surface area (Å²) >= 11 is 1.65. The average Bonchev–Trinajstić information content (AvgIpc) is 2.88. The number of hydrogen-bond donors (Lipinski definition) is 3. The molecule has 0 spiro atoms. The van der Waals surface area contributed by atoms with Gasteiger partial charge in [-0.2, -0.15) is 0 Å². The van der Waals surface area contributed by atoms with Crippen LogP contribution in [-0.4, -0.2) is 19.8 Å². The number of methoxy groups -OCH3 is 1. The largest absolute Gasteiger partial charge is 0.495 e. The molecule has 0 aliphatic heterocycles. The SMILES string of the molecule is CCOC(=O)Nc1ccc(NCc2scc(C)c2OC)cc1N. The monoisotopic (exact) mass is 335 g/mol. The smallest absolute Gasteiger partial charge is 0.411 e. The van der Waals surface area contributed by atoms with E-state index in [4.69, 9.17) is 15.2 Å². The van der Waals surface area contributed by atoms with E-state index in [1.165, 1.54) is 0 Å². The molecule has 6 nitrogen and oxygen atoms in total. The molecule has 23 heavy (non-hydrogen) atoms. The predicted octanol–water partition coefficient (Wildman–Crippen LogP) is 3.83. The van der Waals surface area contributed by atoms with Crippen molar-refractivity contribution in [3.8, 4) is 5.75 Å². The normalized spacial score (nSPS) is 10.2. The van der Waals surface area contributed by atoms with Crippen LogP contribution in [0.3, 0.4) is 0 Å². The third-order valence-electron chi connectivity index (χ3n) is 3.21. The molecule has 7 heteroatoms. The molecule has 1 heterocycles. The van der Waals surface area contributed by atoms with Gasteiger partial charge in [-0.05, 0) is 37.4 Å². The Morgan fingerprint density at radius 3 is 2.83 bits per heavy atom. The molecule has 0 saturated heterocycles. The molecule has 2 aromatic rings. The number of nitrogens with one attached hydrogen (secondary N) is 2. The second-order valence-electron chi connectivity index (χ2n) is 4.88. The van der Waals surface area contributed by atoms with Crippen LogP contribution in [0.15, 0.2) is 23.6 Å². The summed E-state index contributed by atoms with van der Waals surface area (Å²) in [5.74, 6) is 0.913. The van der Waals surface area contributed by atoms with E-state index in [0.717, 1.165) is 21.9 Å². The quantitative estimate of drug-likeness (QED) is 0.699. The molecular weight excluding hydrogens is 314 g/mol. The molecule has 0 bridgehead atoms. The number of rotatable bonds is 6. The van der Waals surface area contributed by atoms with Crippen LogP contribution in [0.1, 0.15) is 17.4 Å². The van der Waals surface area contributed by atoms with Crippen LogP contribution < -0.4 is 21.1 Å². The highest BCUT2D eigenvalue weighted by Crippen LogP contribution is 2.31.